The summed E-state index contributed by atoms with van der Waals surface area (Å²) in [5, 5.41) is 3.29. The topological polar surface area (TPSA) is 66.5 Å². The van der Waals surface area contributed by atoms with Crippen molar-refractivity contribution in [1.82, 2.24) is 9.62 Å². The van der Waals surface area contributed by atoms with Crippen molar-refractivity contribution in [3.8, 4) is 0 Å². The van der Waals surface area contributed by atoms with Crippen LogP contribution in [-0.2, 0) is 10.0 Å². The number of halogens is 1. The standard InChI is InChI=1S/C15H23ClN2O3S/c1-3-4-5-11-18(22(2,20)21)12-10-17-15(19)13-6-8-14(16)9-7-13/h6-9H,3-5,10-12H2,1-2H3,(H,17,19). The van der Waals surface area contributed by atoms with Crippen molar-refractivity contribution >= 4 is 27.5 Å². The Bertz CT molecular complexity index is 573. The molecule has 0 unspecified atom stereocenters. The number of benzene rings is 1. The number of amides is 1. The Kier molecular flexibility index (Phi) is 7.85. The molecule has 0 aliphatic carbocycles. The van der Waals surface area contributed by atoms with Crippen molar-refractivity contribution in [1.29, 1.82) is 0 Å². The molecule has 0 heterocycles. The predicted octanol–water partition coefficient (Wildman–Crippen LogP) is 2.52. The molecule has 124 valence electrons. The van der Waals surface area contributed by atoms with E-state index >= 15 is 0 Å². The van der Waals surface area contributed by atoms with E-state index < -0.39 is 10.0 Å². The Morgan fingerprint density at radius 2 is 1.82 bits per heavy atom. The smallest absolute Gasteiger partial charge is 0.251 e. The molecule has 0 atom stereocenters. The minimum atomic E-state index is -3.25. The third-order valence-corrected chi connectivity index (χ3v) is 4.79. The van der Waals surface area contributed by atoms with Crippen molar-refractivity contribution in [2.45, 2.75) is 26.2 Å². The summed E-state index contributed by atoms with van der Waals surface area (Å²) >= 11 is 5.77. The maximum atomic E-state index is 11.9. The first-order chi connectivity index (χ1) is 10.3. The molecule has 1 rings (SSSR count). The molecular weight excluding hydrogens is 324 g/mol. The van der Waals surface area contributed by atoms with Gasteiger partial charge in [0.15, 0.2) is 0 Å². The number of hydrogen-bond donors (Lipinski definition) is 1. The highest BCUT2D eigenvalue weighted by Crippen LogP contribution is 2.09. The van der Waals surface area contributed by atoms with Crippen LogP contribution in [0.15, 0.2) is 24.3 Å². The van der Waals surface area contributed by atoms with E-state index in [-0.39, 0.29) is 19.0 Å². The molecule has 0 fully saturated rings. The summed E-state index contributed by atoms with van der Waals surface area (Å²) in [7, 11) is -3.25. The average Bonchev–Trinajstić information content (AvgIpc) is 2.45. The number of rotatable bonds is 9. The van der Waals surface area contributed by atoms with Gasteiger partial charge in [0, 0.05) is 30.2 Å². The maximum absolute atomic E-state index is 11.9. The van der Waals surface area contributed by atoms with Gasteiger partial charge in [-0.3, -0.25) is 4.79 Å². The number of carbonyl (C=O) groups excluding carboxylic acids is 1. The first-order valence-corrected chi connectivity index (χ1v) is 9.56. The van der Waals surface area contributed by atoms with E-state index in [2.05, 4.69) is 12.2 Å². The quantitative estimate of drug-likeness (QED) is 0.699. The van der Waals surface area contributed by atoms with E-state index in [1.165, 1.54) is 10.6 Å². The number of hydrogen-bond acceptors (Lipinski definition) is 3. The van der Waals surface area contributed by atoms with Gasteiger partial charge in [0.25, 0.3) is 5.91 Å². The second kappa shape index (κ2) is 9.12. The highest BCUT2D eigenvalue weighted by atomic mass is 35.5. The fraction of sp³-hybridized carbons (Fsp3) is 0.533. The monoisotopic (exact) mass is 346 g/mol. The summed E-state index contributed by atoms with van der Waals surface area (Å²) < 4.78 is 24.8. The van der Waals surface area contributed by atoms with E-state index in [4.69, 9.17) is 11.6 Å². The molecule has 1 aromatic rings. The zero-order valence-electron chi connectivity index (χ0n) is 13.0. The van der Waals surface area contributed by atoms with Gasteiger partial charge in [0.1, 0.15) is 0 Å². The van der Waals surface area contributed by atoms with Gasteiger partial charge in [0.05, 0.1) is 6.26 Å². The van der Waals surface area contributed by atoms with Crippen molar-refractivity contribution in [3.05, 3.63) is 34.9 Å². The van der Waals surface area contributed by atoms with Crippen LogP contribution in [0.4, 0.5) is 0 Å². The van der Waals surface area contributed by atoms with Gasteiger partial charge in [-0.1, -0.05) is 31.4 Å². The lowest BCUT2D eigenvalue weighted by Gasteiger charge is -2.20. The first-order valence-electron chi connectivity index (χ1n) is 7.33. The van der Waals surface area contributed by atoms with Crippen LogP contribution in [-0.4, -0.2) is 44.5 Å². The SMILES string of the molecule is CCCCCN(CCNC(=O)c1ccc(Cl)cc1)S(C)(=O)=O. The molecular formula is C15H23ClN2O3S. The van der Waals surface area contributed by atoms with Gasteiger partial charge in [-0.05, 0) is 30.7 Å². The summed E-state index contributed by atoms with van der Waals surface area (Å²) in [4.78, 5) is 11.9. The van der Waals surface area contributed by atoms with Crippen molar-refractivity contribution in [2.24, 2.45) is 0 Å². The molecule has 5 nitrogen and oxygen atoms in total. The van der Waals surface area contributed by atoms with E-state index in [9.17, 15) is 13.2 Å². The zero-order valence-corrected chi connectivity index (χ0v) is 14.6. The van der Waals surface area contributed by atoms with Crippen LogP contribution >= 0.6 is 11.6 Å². The van der Waals surface area contributed by atoms with Crippen LogP contribution in [0.2, 0.25) is 5.02 Å². The molecule has 0 aliphatic heterocycles. The average molecular weight is 347 g/mol. The van der Waals surface area contributed by atoms with Gasteiger partial charge < -0.3 is 5.32 Å². The lowest BCUT2D eigenvalue weighted by molar-refractivity contribution is 0.0951. The highest BCUT2D eigenvalue weighted by Gasteiger charge is 2.16. The largest absolute Gasteiger partial charge is 0.351 e. The fourth-order valence-corrected chi connectivity index (χ4v) is 2.99. The summed E-state index contributed by atoms with van der Waals surface area (Å²) in [5.41, 5.74) is 0.501. The lowest BCUT2D eigenvalue weighted by atomic mass is 10.2. The van der Waals surface area contributed by atoms with E-state index in [0.29, 0.717) is 17.1 Å². The predicted molar refractivity (Wildman–Crippen MR) is 89.7 cm³/mol. The third kappa shape index (κ3) is 6.77. The Labute approximate surface area is 137 Å². The summed E-state index contributed by atoms with van der Waals surface area (Å²) in [6.45, 7) is 3.11. The summed E-state index contributed by atoms with van der Waals surface area (Å²) in [5.74, 6) is -0.237. The molecule has 0 aliphatic rings. The molecule has 0 radical (unpaired) electrons. The van der Waals surface area contributed by atoms with Crippen LogP contribution in [0, 0.1) is 0 Å². The zero-order chi connectivity index (χ0) is 16.6. The number of nitrogens with one attached hydrogen (secondary N) is 1. The van der Waals surface area contributed by atoms with Gasteiger partial charge in [-0.25, -0.2) is 12.7 Å². The van der Waals surface area contributed by atoms with Gasteiger partial charge in [0.2, 0.25) is 10.0 Å². The van der Waals surface area contributed by atoms with Crippen LogP contribution in [0.25, 0.3) is 0 Å². The Hall–Kier alpha value is -1.11. The first kappa shape index (κ1) is 18.9. The molecule has 0 saturated carbocycles. The minimum absolute atomic E-state index is 0.237. The molecule has 1 amide bonds. The lowest BCUT2D eigenvalue weighted by Crippen LogP contribution is -2.38. The summed E-state index contributed by atoms with van der Waals surface area (Å²) in [6, 6.07) is 6.55. The van der Waals surface area contributed by atoms with E-state index in [0.717, 1.165) is 19.3 Å². The molecule has 0 aromatic heterocycles. The van der Waals surface area contributed by atoms with Crippen LogP contribution < -0.4 is 5.32 Å². The molecule has 0 spiro atoms. The highest BCUT2D eigenvalue weighted by molar-refractivity contribution is 7.88. The fourth-order valence-electron chi connectivity index (χ4n) is 1.98. The molecule has 0 bridgehead atoms. The Morgan fingerprint density at radius 3 is 2.36 bits per heavy atom. The molecule has 1 N–H and O–H groups in total. The molecule has 0 saturated heterocycles. The van der Waals surface area contributed by atoms with Gasteiger partial charge in [-0.15, -0.1) is 0 Å². The van der Waals surface area contributed by atoms with E-state index in [1.54, 1.807) is 24.3 Å². The Balaban J connectivity index is 2.48. The van der Waals surface area contributed by atoms with Crippen molar-refractivity contribution in [3.63, 3.8) is 0 Å². The van der Waals surface area contributed by atoms with E-state index in [1.807, 2.05) is 0 Å². The number of carbonyl (C=O) groups is 1. The molecule has 22 heavy (non-hydrogen) atoms. The van der Waals surface area contributed by atoms with Crippen molar-refractivity contribution < 1.29 is 13.2 Å². The minimum Gasteiger partial charge on any atom is -0.351 e. The second-order valence-electron chi connectivity index (χ2n) is 5.13. The third-order valence-electron chi connectivity index (χ3n) is 3.23. The van der Waals surface area contributed by atoms with Crippen LogP contribution in [0.1, 0.15) is 36.5 Å². The Morgan fingerprint density at radius 1 is 1.18 bits per heavy atom. The van der Waals surface area contributed by atoms with Crippen LogP contribution in [0.5, 0.6) is 0 Å². The number of sulfonamides is 1. The maximum Gasteiger partial charge on any atom is 0.251 e. The van der Waals surface area contributed by atoms with Gasteiger partial charge in [-0.2, -0.15) is 0 Å². The normalized spacial score (nSPS) is 11.6. The second-order valence-corrected chi connectivity index (χ2v) is 7.55. The summed E-state index contributed by atoms with van der Waals surface area (Å²) in [6.07, 6.45) is 4.04. The molecule has 1 aromatic carbocycles. The number of unbranched alkanes of at least 4 members (excludes halogenated alkanes) is 2. The van der Waals surface area contributed by atoms with Gasteiger partial charge >= 0.3 is 0 Å². The van der Waals surface area contributed by atoms with Crippen LogP contribution in [0.3, 0.4) is 0 Å². The number of nitrogens with zero attached hydrogens (tertiary/aromatic N) is 1. The molecule has 7 heteroatoms. The van der Waals surface area contributed by atoms with Crippen molar-refractivity contribution in [2.75, 3.05) is 25.9 Å².